The van der Waals surface area contributed by atoms with Gasteiger partial charge in [0, 0.05) is 0 Å². The summed E-state index contributed by atoms with van der Waals surface area (Å²) in [6.45, 7) is 6.38. The van der Waals surface area contributed by atoms with E-state index < -0.39 is 11.0 Å². The van der Waals surface area contributed by atoms with Crippen molar-refractivity contribution in [2.45, 2.75) is 31.4 Å². The molecule has 0 bridgehead atoms. The van der Waals surface area contributed by atoms with Crippen LogP contribution in [-0.4, -0.2) is 16.9 Å². The Morgan fingerprint density at radius 2 is 1.64 bits per heavy atom. The van der Waals surface area contributed by atoms with Crippen LogP contribution in [0.1, 0.15) is 20.8 Å². The van der Waals surface area contributed by atoms with E-state index in [2.05, 4.69) is 20.8 Å². The molecule has 0 fully saturated rings. The van der Waals surface area contributed by atoms with Gasteiger partial charge >= 0.3 is 85.5 Å². The number of hydrogen-bond donors (Lipinski definition) is 0. The average Bonchev–Trinajstić information content (AvgIpc) is 1.56. The summed E-state index contributed by atoms with van der Waals surface area (Å²) in [7, 11) is 12.2. The van der Waals surface area contributed by atoms with Gasteiger partial charge < -0.3 is 0 Å². The van der Waals surface area contributed by atoms with Crippen molar-refractivity contribution in [2.75, 3.05) is 5.88 Å². The van der Waals surface area contributed by atoms with Crippen LogP contribution in [0.25, 0.3) is 0 Å². The van der Waals surface area contributed by atoms with E-state index >= 15 is 0 Å². The molecule has 1 unspecified atom stereocenters. The Morgan fingerprint density at radius 1 is 1.27 bits per heavy atom. The standard InChI is InChI=1S/C7H15Cl3Se/c1-7(2,3)6(5-8)11(4,9)10/h6H,5H2,1-4H3. The molecule has 0 rings (SSSR count). The minimum absolute atomic E-state index is 0.125. The van der Waals surface area contributed by atoms with Crippen LogP contribution in [0.15, 0.2) is 0 Å². The Balaban J connectivity index is 4.43. The van der Waals surface area contributed by atoms with Crippen LogP contribution in [-0.2, 0) is 0 Å². The molecule has 0 spiro atoms. The molecule has 0 radical (unpaired) electrons. The predicted octanol–water partition coefficient (Wildman–Crippen LogP) is 4.19. The van der Waals surface area contributed by atoms with Gasteiger partial charge in [0.2, 0.25) is 0 Å². The van der Waals surface area contributed by atoms with E-state index in [0.717, 1.165) is 0 Å². The van der Waals surface area contributed by atoms with E-state index in [1.54, 1.807) is 0 Å². The van der Waals surface area contributed by atoms with E-state index in [1.165, 1.54) is 0 Å². The molecule has 0 aliphatic heterocycles. The summed E-state index contributed by atoms with van der Waals surface area (Å²) in [5, 5.41) is 0. The Hall–Kier alpha value is 1.39. The molecule has 0 aliphatic rings. The van der Waals surface area contributed by atoms with Crippen molar-refractivity contribution < 1.29 is 0 Å². The average molecular weight is 285 g/mol. The molecule has 0 nitrogen and oxygen atoms in total. The first-order chi connectivity index (χ1) is 4.69. The number of rotatable bonds is 2. The van der Waals surface area contributed by atoms with Gasteiger partial charge in [-0.15, -0.1) is 0 Å². The zero-order valence-electron chi connectivity index (χ0n) is 7.33. The molecule has 0 aliphatic carbocycles. The van der Waals surface area contributed by atoms with Crippen molar-refractivity contribution in [3.05, 3.63) is 0 Å². The summed E-state index contributed by atoms with van der Waals surface area (Å²) in [6, 6.07) is 0. The number of halogens is 3. The second kappa shape index (κ2) is 4.07. The van der Waals surface area contributed by atoms with E-state index in [9.17, 15) is 0 Å². The first-order valence-electron chi connectivity index (χ1n) is 3.42. The van der Waals surface area contributed by atoms with Crippen LogP contribution in [0.4, 0.5) is 0 Å². The maximum absolute atomic E-state index is 6.12. The molecule has 11 heavy (non-hydrogen) atoms. The molecule has 0 saturated carbocycles. The summed E-state index contributed by atoms with van der Waals surface area (Å²) >= 11 is 3.53. The Morgan fingerprint density at radius 3 is 1.64 bits per heavy atom. The molecule has 0 heterocycles. The topological polar surface area (TPSA) is 0 Å². The predicted molar refractivity (Wildman–Crippen MR) is 57.2 cm³/mol. The van der Waals surface area contributed by atoms with Crippen molar-refractivity contribution in [1.29, 1.82) is 0 Å². The van der Waals surface area contributed by atoms with Crippen molar-refractivity contribution in [3.63, 3.8) is 0 Å². The first kappa shape index (κ1) is 12.4. The molecule has 0 aromatic heterocycles. The van der Waals surface area contributed by atoms with E-state index in [-0.39, 0.29) is 10.2 Å². The molecule has 0 aromatic rings. The van der Waals surface area contributed by atoms with Crippen LogP contribution >= 0.6 is 31.8 Å². The van der Waals surface area contributed by atoms with Gasteiger partial charge in [-0.3, -0.25) is 0 Å². The van der Waals surface area contributed by atoms with Crippen molar-refractivity contribution >= 4 is 42.8 Å². The molecular formula is C7H15Cl3Se. The summed E-state index contributed by atoms with van der Waals surface area (Å²) in [4.78, 5) is 0.267. The Labute approximate surface area is 85.3 Å². The normalized spacial score (nSPS) is 18.1. The third-order valence-electron chi connectivity index (χ3n) is 1.61. The SMILES string of the molecule is CC(C)(C)C(CCl)[Se](C)(Cl)Cl. The monoisotopic (exact) mass is 284 g/mol. The maximum atomic E-state index is 6.12. The zero-order valence-corrected chi connectivity index (χ0v) is 11.3. The number of hydrogen-bond acceptors (Lipinski definition) is 0. The zero-order chi connectivity index (χ0) is 9.28. The van der Waals surface area contributed by atoms with Gasteiger partial charge in [-0.25, -0.2) is 0 Å². The summed E-state index contributed by atoms with van der Waals surface area (Å²) in [6.07, 6.45) is 0. The van der Waals surface area contributed by atoms with Crippen molar-refractivity contribution in [3.8, 4) is 0 Å². The van der Waals surface area contributed by atoms with Gasteiger partial charge in [-0.2, -0.15) is 0 Å². The fraction of sp³-hybridized carbons (Fsp3) is 1.00. The molecule has 4 heteroatoms. The molecule has 0 aromatic carbocycles. The van der Waals surface area contributed by atoms with Crippen molar-refractivity contribution in [1.82, 2.24) is 0 Å². The van der Waals surface area contributed by atoms with Crippen LogP contribution < -0.4 is 0 Å². The van der Waals surface area contributed by atoms with Gasteiger partial charge in [0.25, 0.3) is 0 Å². The van der Waals surface area contributed by atoms with Gasteiger partial charge in [0.1, 0.15) is 0 Å². The fourth-order valence-electron chi connectivity index (χ4n) is 0.963. The Kier molecular flexibility index (Phi) is 4.58. The van der Waals surface area contributed by atoms with Crippen LogP contribution in [0.3, 0.4) is 0 Å². The van der Waals surface area contributed by atoms with Crippen LogP contribution in [0.5, 0.6) is 0 Å². The van der Waals surface area contributed by atoms with E-state index in [0.29, 0.717) is 5.88 Å². The van der Waals surface area contributed by atoms with Gasteiger partial charge in [0.05, 0.1) is 0 Å². The molecule has 0 saturated heterocycles. The molecular weight excluding hydrogens is 269 g/mol. The molecule has 0 amide bonds. The summed E-state index contributed by atoms with van der Waals surface area (Å²) in [5.41, 5.74) is 0.125. The first-order valence-corrected chi connectivity index (χ1v) is 11.2. The van der Waals surface area contributed by atoms with Gasteiger partial charge in [-0.1, -0.05) is 0 Å². The summed E-state index contributed by atoms with van der Waals surface area (Å²) in [5.74, 6) is 2.50. The Bertz CT molecular complexity index is 109. The van der Waals surface area contributed by atoms with Crippen molar-refractivity contribution in [2.24, 2.45) is 5.41 Å². The van der Waals surface area contributed by atoms with Crippen LogP contribution in [0.2, 0.25) is 10.6 Å². The molecule has 70 valence electrons. The second-order valence-corrected chi connectivity index (χ2v) is 16.1. The third kappa shape index (κ3) is 4.24. The molecule has 1 atom stereocenters. The van der Waals surface area contributed by atoms with E-state index in [1.807, 2.05) is 5.82 Å². The quantitative estimate of drug-likeness (QED) is 0.527. The second-order valence-electron chi connectivity index (χ2n) is 3.79. The summed E-state index contributed by atoms with van der Waals surface area (Å²) < 4.78 is 0. The van der Waals surface area contributed by atoms with Gasteiger partial charge in [-0.05, 0) is 0 Å². The van der Waals surface area contributed by atoms with Crippen LogP contribution in [0, 0.1) is 5.41 Å². The third-order valence-corrected chi connectivity index (χ3v) is 8.49. The fourth-order valence-corrected chi connectivity index (χ4v) is 9.91. The van der Waals surface area contributed by atoms with E-state index in [4.69, 9.17) is 31.8 Å². The molecule has 0 N–H and O–H groups in total. The van der Waals surface area contributed by atoms with Gasteiger partial charge in [0.15, 0.2) is 0 Å². The minimum atomic E-state index is -2.28. The number of alkyl halides is 1.